The number of rotatable bonds is 5. The minimum Gasteiger partial charge on any atom is -0.356 e. The van der Waals surface area contributed by atoms with Gasteiger partial charge >= 0.3 is 0 Å². The van der Waals surface area contributed by atoms with Gasteiger partial charge in [-0.1, -0.05) is 30.3 Å². The Kier molecular flexibility index (Phi) is 8.53. The van der Waals surface area contributed by atoms with Gasteiger partial charge in [-0.15, -0.1) is 24.0 Å². The molecule has 0 unspecified atom stereocenters. The van der Waals surface area contributed by atoms with Gasteiger partial charge in [0.25, 0.3) is 0 Å². The molecule has 0 aliphatic rings. The largest absolute Gasteiger partial charge is 0.356 e. The van der Waals surface area contributed by atoms with Crippen molar-refractivity contribution in [3.63, 3.8) is 0 Å². The van der Waals surface area contributed by atoms with E-state index in [0.717, 1.165) is 5.56 Å². The van der Waals surface area contributed by atoms with Gasteiger partial charge in [0.1, 0.15) is 11.6 Å². The Labute approximate surface area is 152 Å². The molecule has 0 heterocycles. The van der Waals surface area contributed by atoms with E-state index in [2.05, 4.69) is 15.6 Å². The van der Waals surface area contributed by atoms with Crippen LogP contribution in [0, 0.1) is 11.6 Å². The summed E-state index contributed by atoms with van der Waals surface area (Å²) in [5.74, 6) is 0.101. The standard InChI is InChI=1S/C17H19F2N3.HI/c1-20-17(22-12-14-6-2-3-8-16(14)19)21-10-9-13-5-4-7-15(18)11-13;/h2-8,11H,9-10,12H2,1H3,(H2,20,21,22);1H. The molecule has 0 amide bonds. The van der Waals surface area contributed by atoms with Gasteiger partial charge in [-0.2, -0.15) is 0 Å². The fourth-order valence-electron chi connectivity index (χ4n) is 2.06. The summed E-state index contributed by atoms with van der Waals surface area (Å²) in [7, 11) is 1.65. The van der Waals surface area contributed by atoms with Crippen molar-refractivity contribution in [3.8, 4) is 0 Å². The van der Waals surface area contributed by atoms with Crippen molar-refractivity contribution in [3.05, 3.63) is 71.3 Å². The molecule has 23 heavy (non-hydrogen) atoms. The van der Waals surface area contributed by atoms with Crippen LogP contribution in [0.1, 0.15) is 11.1 Å². The fourth-order valence-corrected chi connectivity index (χ4v) is 2.06. The molecule has 0 aliphatic heterocycles. The Morgan fingerprint density at radius 2 is 1.83 bits per heavy atom. The van der Waals surface area contributed by atoms with E-state index >= 15 is 0 Å². The van der Waals surface area contributed by atoms with Crippen LogP contribution in [-0.2, 0) is 13.0 Å². The van der Waals surface area contributed by atoms with Crippen molar-refractivity contribution in [2.45, 2.75) is 13.0 Å². The molecule has 3 nitrogen and oxygen atoms in total. The minimum absolute atomic E-state index is 0. The molecule has 2 rings (SSSR count). The van der Waals surface area contributed by atoms with E-state index < -0.39 is 0 Å². The summed E-state index contributed by atoms with van der Waals surface area (Å²) in [6, 6.07) is 13.1. The highest BCUT2D eigenvalue weighted by Crippen LogP contribution is 2.05. The Balaban J connectivity index is 0.00000264. The highest BCUT2D eigenvalue weighted by Gasteiger charge is 2.02. The normalized spacial score (nSPS) is 10.8. The molecular formula is C17H20F2IN3. The van der Waals surface area contributed by atoms with Crippen molar-refractivity contribution >= 4 is 29.9 Å². The van der Waals surface area contributed by atoms with Crippen LogP contribution in [0.4, 0.5) is 8.78 Å². The number of halogens is 3. The van der Waals surface area contributed by atoms with E-state index in [-0.39, 0.29) is 35.6 Å². The highest BCUT2D eigenvalue weighted by atomic mass is 127. The summed E-state index contributed by atoms with van der Waals surface area (Å²) in [6.07, 6.45) is 0.679. The quantitative estimate of drug-likeness (QED) is 0.432. The third-order valence-electron chi connectivity index (χ3n) is 3.22. The van der Waals surface area contributed by atoms with Gasteiger partial charge in [-0.05, 0) is 30.2 Å². The molecule has 124 valence electrons. The van der Waals surface area contributed by atoms with Crippen molar-refractivity contribution in [1.82, 2.24) is 10.6 Å². The number of hydrogen-bond acceptors (Lipinski definition) is 1. The Hall–Kier alpha value is -1.70. The lowest BCUT2D eigenvalue weighted by Crippen LogP contribution is -2.38. The van der Waals surface area contributed by atoms with Crippen LogP contribution in [0.15, 0.2) is 53.5 Å². The lowest BCUT2D eigenvalue weighted by Gasteiger charge is -2.12. The molecule has 2 aromatic rings. The van der Waals surface area contributed by atoms with E-state index in [1.807, 2.05) is 6.07 Å². The van der Waals surface area contributed by atoms with Gasteiger partial charge in [0.2, 0.25) is 0 Å². The first-order valence-corrected chi connectivity index (χ1v) is 7.11. The van der Waals surface area contributed by atoms with Crippen molar-refractivity contribution in [2.75, 3.05) is 13.6 Å². The second-order valence-electron chi connectivity index (χ2n) is 4.82. The zero-order valence-corrected chi connectivity index (χ0v) is 15.2. The maximum atomic E-state index is 13.5. The molecule has 0 radical (unpaired) electrons. The molecule has 0 aromatic heterocycles. The molecule has 0 bridgehead atoms. The zero-order chi connectivity index (χ0) is 15.8. The zero-order valence-electron chi connectivity index (χ0n) is 12.9. The third-order valence-corrected chi connectivity index (χ3v) is 3.22. The average molecular weight is 431 g/mol. The van der Waals surface area contributed by atoms with E-state index in [1.165, 1.54) is 18.2 Å². The molecule has 0 spiro atoms. The van der Waals surface area contributed by atoms with Crippen LogP contribution in [-0.4, -0.2) is 19.6 Å². The van der Waals surface area contributed by atoms with E-state index in [1.54, 1.807) is 31.3 Å². The van der Waals surface area contributed by atoms with Crippen molar-refractivity contribution < 1.29 is 8.78 Å². The fraction of sp³-hybridized carbons (Fsp3) is 0.235. The van der Waals surface area contributed by atoms with Gasteiger partial charge in [-0.25, -0.2) is 8.78 Å². The molecule has 0 saturated heterocycles. The highest BCUT2D eigenvalue weighted by molar-refractivity contribution is 14.0. The number of nitrogens with zero attached hydrogens (tertiary/aromatic N) is 1. The van der Waals surface area contributed by atoms with Crippen LogP contribution in [0.2, 0.25) is 0 Å². The van der Waals surface area contributed by atoms with E-state index in [0.29, 0.717) is 31.0 Å². The van der Waals surface area contributed by atoms with Crippen LogP contribution in [0.3, 0.4) is 0 Å². The average Bonchev–Trinajstić information content (AvgIpc) is 2.52. The monoisotopic (exact) mass is 431 g/mol. The number of hydrogen-bond donors (Lipinski definition) is 2. The topological polar surface area (TPSA) is 36.4 Å². The Bertz CT molecular complexity index is 647. The predicted molar refractivity (Wildman–Crippen MR) is 100 cm³/mol. The number of benzene rings is 2. The number of aliphatic imine (C=N–C) groups is 1. The van der Waals surface area contributed by atoms with Gasteiger partial charge in [-0.3, -0.25) is 4.99 Å². The summed E-state index contributed by atoms with van der Waals surface area (Å²) < 4.78 is 26.6. The summed E-state index contributed by atoms with van der Waals surface area (Å²) in [5.41, 5.74) is 1.49. The van der Waals surface area contributed by atoms with Gasteiger partial charge in [0.05, 0.1) is 0 Å². The lowest BCUT2D eigenvalue weighted by molar-refractivity contribution is 0.604. The molecule has 2 aromatic carbocycles. The number of nitrogens with one attached hydrogen (secondary N) is 2. The summed E-state index contributed by atoms with van der Waals surface area (Å²) in [6.45, 7) is 0.965. The van der Waals surface area contributed by atoms with Crippen molar-refractivity contribution in [1.29, 1.82) is 0 Å². The Morgan fingerprint density at radius 3 is 2.52 bits per heavy atom. The first kappa shape index (κ1) is 19.3. The van der Waals surface area contributed by atoms with E-state index in [9.17, 15) is 8.78 Å². The van der Waals surface area contributed by atoms with Crippen LogP contribution in [0.25, 0.3) is 0 Å². The Morgan fingerprint density at radius 1 is 1.04 bits per heavy atom. The summed E-state index contributed by atoms with van der Waals surface area (Å²) >= 11 is 0. The molecule has 0 aliphatic carbocycles. The van der Waals surface area contributed by atoms with Gasteiger partial charge in [0.15, 0.2) is 5.96 Å². The second-order valence-corrected chi connectivity index (χ2v) is 4.82. The van der Waals surface area contributed by atoms with Gasteiger partial charge in [0, 0.05) is 25.7 Å². The van der Waals surface area contributed by atoms with Gasteiger partial charge < -0.3 is 10.6 Å². The van der Waals surface area contributed by atoms with Crippen LogP contribution >= 0.6 is 24.0 Å². The number of guanidine groups is 1. The molecule has 0 fully saturated rings. The third kappa shape index (κ3) is 6.52. The molecule has 6 heteroatoms. The van der Waals surface area contributed by atoms with E-state index in [4.69, 9.17) is 0 Å². The second kappa shape index (κ2) is 10.1. The summed E-state index contributed by atoms with van der Waals surface area (Å²) in [5, 5.41) is 6.17. The molecule has 0 atom stereocenters. The molecule has 0 saturated carbocycles. The molecular weight excluding hydrogens is 411 g/mol. The van der Waals surface area contributed by atoms with Crippen molar-refractivity contribution in [2.24, 2.45) is 4.99 Å². The SMILES string of the molecule is CN=C(NCCc1cccc(F)c1)NCc1ccccc1F.I. The van der Waals surface area contributed by atoms with Crippen LogP contribution in [0.5, 0.6) is 0 Å². The maximum Gasteiger partial charge on any atom is 0.191 e. The minimum atomic E-state index is -0.245. The first-order chi connectivity index (χ1) is 10.7. The first-order valence-electron chi connectivity index (χ1n) is 7.11. The lowest BCUT2D eigenvalue weighted by atomic mass is 10.1. The summed E-state index contributed by atoms with van der Waals surface area (Å²) in [4.78, 5) is 4.08. The molecule has 2 N–H and O–H groups in total. The smallest absolute Gasteiger partial charge is 0.191 e. The maximum absolute atomic E-state index is 13.5. The predicted octanol–water partition coefficient (Wildman–Crippen LogP) is 3.49. The van der Waals surface area contributed by atoms with Crippen LogP contribution < -0.4 is 10.6 Å².